The van der Waals surface area contributed by atoms with E-state index in [9.17, 15) is 20.1 Å². The summed E-state index contributed by atoms with van der Waals surface area (Å²) in [6.45, 7) is 10.8. The number of carbonyl (C=O) groups excluding carboxylic acids is 1. The van der Waals surface area contributed by atoms with Gasteiger partial charge in [-0.15, -0.1) is 0 Å². The van der Waals surface area contributed by atoms with Gasteiger partial charge in [0.25, 0.3) is 0 Å². The quantitative estimate of drug-likeness (QED) is 0.0661. The van der Waals surface area contributed by atoms with Crippen LogP contribution in [0.4, 0.5) is 0 Å². The lowest BCUT2D eigenvalue weighted by Gasteiger charge is -2.24. The van der Waals surface area contributed by atoms with Gasteiger partial charge in [-0.05, 0) is 71.9 Å². The summed E-state index contributed by atoms with van der Waals surface area (Å²) in [5.41, 5.74) is 0.527. The summed E-state index contributed by atoms with van der Waals surface area (Å²) < 4.78 is 18.4. The molecule has 0 radical (unpaired) electrons. The van der Waals surface area contributed by atoms with Gasteiger partial charge in [-0.1, -0.05) is 47.5 Å². The van der Waals surface area contributed by atoms with E-state index in [-0.39, 0.29) is 25.0 Å². The number of aliphatic hydroxyl groups is 3. The zero-order valence-electron chi connectivity index (χ0n) is 22.9. The van der Waals surface area contributed by atoms with Gasteiger partial charge in [-0.3, -0.25) is 4.79 Å². The molecule has 1 aliphatic heterocycles. The van der Waals surface area contributed by atoms with Crippen molar-refractivity contribution in [3.05, 3.63) is 33.1 Å². The smallest absolute Gasteiger partial charge is 0.175 e. The summed E-state index contributed by atoms with van der Waals surface area (Å²) in [7, 11) is 0. The average molecular weight is 633 g/mol. The fraction of sp³-hybridized carbons (Fsp3) is 0.690. The lowest BCUT2D eigenvalue weighted by atomic mass is 9.88. The number of unbranched alkanes of at least 4 members (excludes halogenated alkanes) is 1. The molecule has 3 N–H and O–H groups in total. The van der Waals surface area contributed by atoms with Crippen molar-refractivity contribution in [2.24, 2.45) is 11.8 Å². The molecule has 0 aliphatic carbocycles. The first-order chi connectivity index (χ1) is 17.7. The second-order valence-corrected chi connectivity index (χ2v) is 11.4. The minimum Gasteiger partial charge on any atom is -0.493 e. The molecule has 0 aromatic heterocycles. The summed E-state index contributed by atoms with van der Waals surface area (Å²) in [4.78, 5) is 11.6. The number of ether oxygens (including phenoxy) is 3. The molecule has 1 heterocycles. The van der Waals surface area contributed by atoms with Crippen LogP contribution in [0.1, 0.15) is 84.3 Å². The molecule has 0 bridgehead atoms. The number of epoxide rings is 1. The molecule has 0 amide bonds. The summed E-state index contributed by atoms with van der Waals surface area (Å²) in [6, 6.07) is 1.98. The largest absolute Gasteiger partial charge is 0.493 e. The maximum absolute atomic E-state index is 11.6. The first kappa shape index (κ1) is 32.0. The molecule has 2 rings (SSSR count). The molecule has 1 aromatic rings. The number of aliphatic hydroxyl groups excluding tert-OH is 3. The molecular weight excluding hydrogens is 587 g/mol. The molecule has 1 aromatic carbocycles. The fourth-order valence-electron chi connectivity index (χ4n) is 4.69. The SMILES string of the molecule is CCCCOc1c(CC(C)C)cc(O/C=C/C(CCC)C(O)C[C@H](O)C2(C=O)OC2CC)c(I)c1CO. The normalized spacial score (nSPS) is 21.7. The predicted octanol–water partition coefficient (Wildman–Crippen LogP) is 5.33. The van der Waals surface area contributed by atoms with Crippen LogP contribution in [0.2, 0.25) is 0 Å². The van der Waals surface area contributed by atoms with Gasteiger partial charge in [-0.2, -0.15) is 0 Å². The van der Waals surface area contributed by atoms with Gasteiger partial charge < -0.3 is 29.5 Å². The standard InChI is InChI=1S/C29H45IO7/c1-6-9-12-36-28-21(14-19(4)5)15-24(27(30)22(28)17-31)35-13-11-20(10-7-2)23(33)16-25(34)29(18-32)26(8-3)37-29/h11,13,15,18-20,23,25-26,31,33-34H,6-10,12,14,16-17H2,1-5H3/b13-11+/t20?,23?,25-,26?,29?/m0/s1. The Morgan fingerprint density at radius 3 is 2.49 bits per heavy atom. The van der Waals surface area contributed by atoms with Crippen LogP contribution in [0.5, 0.6) is 11.5 Å². The van der Waals surface area contributed by atoms with Crippen LogP contribution in [-0.2, 0) is 22.6 Å². The van der Waals surface area contributed by atoms with Crippen molar-refractivity contribution in [3.63, 3.8) is 0 Å². The molecule has 210 valence electrons. The van der Waals surface area contributed by atoms with E-state index in [1.54, 1.807) is 6.26 Å². The van der Waals surface area contributed by atoms with Crippen molar-refractivity contribution in [2.45, 2.75) is 110 Å². The monoisotopic (exact) mass is 632 g/mol. The minimum atomic E-state index is -1.20. The van der Waals surface area contributed by atoms with E-state index in [1.165, 1.54) is 0 Å². The average Bonchev–Trinajstić information content (AvgIpc) is 3.60. The van der Waals surface area contributed by atoms with Gasteiger partial charge in [0.05, 0.1) is 41.4 Å². The van der Waals surface area contributed by atoms with Gasteiger partial charge in [0.1, 0.15) is 11.5 Å². The highest BCUT2D eigenvalue weighted by atomic mass is 127. The van der Waals surface area contributed by atoms with Gasteiger partial charge in [0.2, 0.25) is 0 Å². The fourth-order valence-corrected chi connectivity index (χ4v) is 5.39. The topological polar surface area (TPSA) is 109 Å². The van der Waals surface area contributed by atoms with Crippen molar-refractivity contribution in [3.8, 4) is 11.5 Å². The Balaban J connectivity index is 2.20. The van der Waals surface area contributed by atoms with Gasteiger partial charge in [0, 0.05) is 17.9 Å². The Hall–Kier alpha value is -1.20. The van der Waals surface area contributed by atoms with Crippen molar-refractivity contribution < 1.29 is 34.3 Å². The van der Waals surface area contributed by atoms with Crippen molar-refractivity contribution in [2.75, 3.05) is 6.61 Å². The van der Waals surface area contributed by atoms with Crippen molar-refractivity contribution in [1.82, 2.24) is 0 Å². The number of benzene rings is 1. The zero-order valence-corrected chi connectivity index (χ0v) is 25.1. The number of rotatable bonds is 18. The van der Waals surface area contributed by atoms with E-state index in [1.807, 2.05) is 26.0 Å². The molecule has 0 saturated carbocycles. The Kier molecular flexibility index (Phi) is 13.3. The summed E-state index contributed by atoms with van der Waals surface area (Å²) in [5, 5.41) is 31.7. The van der Waals surface area contributed by atoms with E-state index in [0.29, 0.717) is 37.4 Å². The molecular formula is C29H45IO7. The van der Waals surface area contributed by atoms with E-state index in [2.05, 4.69) is 43.4 Å². The van der Waals surface area contributed by atoms with Crippen LogP contribution in [0.3, 0.4) is 0 Å². The Morgan fingerprint density at radius 2 is 1.95 bits per heavy atom. The number of halogens is 1. The van der Waals surface area contributed by atoms with Crippen LogP contribution in [-0.4, -0.2) is 52.1 Å². The number of aldehydes is 1. The van der Waals surface area contributed by atoms with Crippen LogP contribution >= 0.6 is 22.6 Å². The third kappa shape index (κ3) is 8.39. The highest BCUT2D eigenvalue weighted by Crippen LogP contribution is 2.42. The second-order valence-electron chi connectivity index (χ2n) is 10.3. The van der Waals surface area contributed by atoms with E-state index in [4.69, 9.17) is 14.2 Å². The van der Waals surface area contributed by atoms with Crippen molar-refractivity contribution >= 4 is 28.9 Å². The Bertz CT molecular complexity index is 887. The highest BCUT2D eigenvalue weighted by Gasteiger charge is 2.60. The second kappa shape index (κ2) is 15.4. The molecule has 0 spiro atoms. The summed E-state index contributed by atoms with van der Waals surface area (Å²) in [5.74, 6) is 1.51. The van der Waals surface area contributed by atoms with Crippen LogP contribution in [0.15, 0.2) is 18.4 Å². The molecule has 5 atom stereocenters. The first-order valence-corrected chi connectivity index (χ1v) is 14.7. The minimum absolute atomic E-state index is 0.0405. The Morgan fingerprint density at radius 1 is 1.22 bits per heavy atom. The lowest BCUT2D eigenvalue weighted by molar-refractivity contribution is -0.117. The third-order valence-electron chi connectivity index (χ3n) is 6.85. The molecule has 37 heavy (non-hydrogen) atoms. The number of carbonyl (C=O) groups is 1. The molecule has 7 nitrogen and oxygen atoms in total. The Labute approximate surface area is 235 Å². The molecule has 8 heteroatoms. The molecule has 1 saturated heterocycles. The number of hydrogen-bond donors (Lipinski definition) is 3. The van der Waals surface area contributed by atoms with Gasteiger partial charge in [0.15, 0.2) is 11.9 Å². The maximum Gasteiger partial charge on any atom is 0.175 e. The predicted molar refractivity (Wildman–Crippen MR) is 153 cm³/mol. The molecule has 1 fully saturated rings. The van der Waals surface area contributed by atoms with Crippen molar-refractivity contribution in [1.29, 1.82) is 0 Å². The van der Waals surface area contributed by atoms with Crippen LogP contribution in [0, 0.1) is 15.4 Å². The van der Waals surface area contributed by atoms with Crippen LogP contribution in [0.25, 0.3) is 0 Å². The van der Waals surface area contributed by atoms with E-state index in [0.717, 1.165) is 46.1 Å². The first-order valence-electron chi connectivity index (χ1n) is 13.6. The number of hydrogen-bond acceptors (Lipinski definition) is 7. The maximum atomic E-state index is 11.6. The highest BCUT2D eigenvalue weighted by molar-refractivity contribution is 14.1. The van der Waals surface area contributed by atoms with E-state index >= 15 is 0 Å². The van der Waals surface area contributed by atoms with E-state index < -0.39 is 17.8 Å². The molecule has 4 unspecified atom stereocenters. The van der Waals surface area contributed by atoms with Gasteiger partial charge in [-0.25, -0.2) is 0 Å². The zero-order chi connectivity index (χ0) is 27.6. The molecule has 1 aliphatic rings. The summed E-state index contributed by atoms with van der Waals surface area (Å²) in [6.07, 6.45) is 6.80. The van der Waals surface area contributed by atoms with Crippen LogP contribution < -0.4 is 9.47 Å². The third-order valence-corrected chi connectivity index (χ3v) is 8.04. The summed E-state index contributed by atoms with van der Waals surface area (Å²) >= 11 is 2.18. The lowest BCUT2D eigenvalue weighted by Crippen LogP contribution is -2.38. The van der Waals surface area contributed by atoms with Gasteiger partial charge >= 0.3 is 0 Å².